The van der Waals surface area contributed by atoms with Crippen molar-refractivity contribution in [1.82, 2.24) is 10.3 Å². The average molecular weight is 380 g/mol. The van der Waals surface area contributed by atoms with Crippen LogP contribution in [0.1, 0.15) is 34.5 Å². The summed E-state index contributed by atoms with van der Waals surface area (Å²) in [5, 5.41) is 7.03. The number of halogens is 1. The molecule has 1 unspecified atom stereocenters. The number of nitrogens with one attached hydrogen (secondary N) is 2. The number of rotatable bonds is 7. The highest BCUT2D eigenvalue weighted by molar-refractivity contribution is 6.30. The highest BCUT2D eigenvalue weighted by Gasteiger charge is 2.09. The Morgan fingerprint density at radius 1 is 1.07 bits per heavy atom. The van der Waals surface area contributed by atoms with E-state index in [1.165, 1.54) is 5.56 Å². The summed E-state index contributed by atoms with van der Waals surface area (Å²) in [4.78, 5) is 16.6. The highest BCUT2D eigenvalue weighted by atomic mass is 35.5. The van der Waals surface area contributed by atoms with Crippen molar-refractivity contribution in [3.8, 4) is 0 Å². The molecule has 0 aliphatic rings. The van der Waals surface area contributed by atoms with Gasteiger partial charge in [-0.15, -0.1) is 0 Å². The van der Waals surface area contributed by atoms with Gasteiger partial charge in [-0.25, -0.2) is 0 Å². The number of nitrogens with zero attached hydrogens (tertiary/aromatic N) is 1. The van der Waals surface area contributed by atoms with Crippen LogP contribution in [0.2, 0.25) is 5.02 Å². The summed E-state index contributed by atoms with van der Waals surface area (Å²) >= 11 is 5.88. The molecule has 27 heavy (non-hydrogen) atoms. The van der Waals surface area contributed by atoms with E-state index < -0.39 is 0 Å². The van der Waals surface area contributed by atoms with Crippen LogP contribution in [-0.2, 0) is 6.42 Å². The molecule has 1 atom stereocenters. The van der Waals surface area contributed by atoms with Crippen molar-refractivity contribution in [1.29, 1.82) is 0 Å². The number of amides is 1. The molecule has 3 rings (SSSR count). The molecule has 0 aliphatic carbocycles. The van der Waals surface area contributed by atoms with Crippen LogP contribution < -0.4 is 10.6 Å². The summed E-state index contributed by atoms with van der Waals surface area (Å²) < 4.78 is 0. The molecule has 1 aromatic heterocycles. The summed E-state index contributed by atoms with van der Waals surface area (Å²) in [6.07, 6.45) is 4.05. The fraction of sp³-hybridized carbons (Fsp3) is 0.182. The third-order valence-electron chi connectivity index (χ3n) is 4.30. The lowest BCUT2D eigenvalue weighted by Crippen LogP contribution is -2.26. The van der Waals surface area contributed by atoms with Gasteiger partial charge in [0.05, 0.1) is 11.3 Å². The largest absolute Gasteiger partial charge is 0.377 e. The summed E-state index contributed by atoms with van der Waals surface area (Å²) in [5.74, 6) is -0.132. The number of hydrogen-bond acceptors (Lipinski definition) is 3. The Hall–Kier alpha value is -2.85. The van der Waals surface area contributed by atoms with E-state index in [0.29, 0.717) is 17.1 Å². The maximum Gasteiger partial charge on any atom is 0.252 e. The Morgan fingerprint density at radius 2 is 1.81 bits per heavy atom. The normalized spacial score (nSPS) is 11.6. The van der Waals surface area contributed by atoms with Crippen molar-refractivity contribution >= 4 is 23.2 Å². The monoisotopic (exact) mass is 379 g/mol. The van der Waals surface area contributed by atoms with E-state index in [-0.39, 0.29) is 11.9 Å². The minimum Gasteiger partial charge on any atom is -0.377 e. The Morgan fingerprint density at radius 3 is 2.56 bits per heavy atom. The van der Waals surface area contributed by atoms with E-state index in [4.69, 9.17) is 11.6 Å². The van der Waals surface area contributed by atoms with Crippen LogP contribution in [-0.4, -0.2) is 17.4 Å². The van der Waals surface area contributed by atoms with E-state index in [1.807, 2.05) is 48.5 Å². The fourth-order valence-electron chi connectivity index (χ4n) is 2.79. The van der Waals surface area contributed by atoms with Gasteiger partial charge in [0.15, 0.2) is 0 Å². The van der Waals surface area contributed by atoms with Gasteiger partial charge in [0, 0.05) is 30.0 Å². The molecule has 2 aromatic carbocycles. The fourth-order valence-corrected chi connectivity index (χ4v) is 2.92. The molecule has 0 fully saturated rings. The lowest BCUT2D eigenvalue weighted by atomic mass is 10.1. The van der Waals surface area contributed by atoms with Gasteiger partial charge in [-0.3, -0.25) is 9.78 Å². The number of carbonyl (C=O) groups excluding carboxylic acids is 1. The quantitative estimate of drug-likeness (QED) is 0.615. The van der Waals surface area contributed by atoms with E-state index in [2.05, 4.69) is 34.7 Å². The third kappa shape index (κ3) is 5.56. The Balaban J connectivity index is 1.56. The Bertz CT molecular complexity index is 882. The van der Waals surface area contributed by atoms with Gasteiger partial charge in [-0.2, -0.15) is 0 Å². The van der Waals surface area contributed by atoms with Gasteiger partial charge in [0.1, 0.15) is 0 Å². The summed E-state index contributed by atoms with van der Waals surface area (Å²) in [6, 6.07) is 19.7. The van der Waals surface area contributed by atoms with Gasteiger partial charge in [-0.05, 0) is 42.7 Å². The number of aromatic nitrogens is 1. The van der Waals surface area contributed by atoms with Gasteiger partial charge >= 0.3 is 0 Å². The van der Waals surface area contributed by atoms with Gasteiger partial charge in [0.25, 0.3) is 5.91 Å². The van der Waals surface area contributed by atoms with Crippen LogP contribution in [0.3, 0.4) is 0 Å². The predicted octanol–water partition coefficient (Wildman–Crippen LogP) is 4.88. The lowest BCUT2D eigenvalue weighted by molar-refractivity contribution is 0.0954. The summed E-state index contributed by atoms with van der Waals surface area (Å²) in [7, 11) is 0. The van der Waals surface area contributed by atoms with Crippen molar-refractivity contribution in [2.24, 2.45) is 0 Å². The maximum atomic E-state index is 12.4. The molecular weight excluding hydrogens is 358 g/mol. The minimum absolute atomic E-state index is 0.121. The van der Waals surface area contributed by atoms with Crippen molar-refractivity contribution in [3.05, 3.63) is 94.8 Å². The standard InChI is InChI=1S/C22H22ClN3O/c1-16(18-5-3-2-4-6-18)26-21-13-19(14-24-15-21)22(27)25-12-11-17-7-9-20(23)10-8-17/h2-10,13-16,26H,11-12H2,1H3,(H,25,27). The van der Waals surface area contributed by atoms with Gasteiger partial charge in [-0.1, -0.05) is 54.1 Å². The van der Waals surface area contributed by atoms with Crippen molar-refractivity contribution < 1.29 is 4.79 Å². The molecule has 0 bridgehead atoms. The van der Waals surface area contributed by atoms with Crippen LogP contribution in [0, 0.1) is 0 Å². The second kappa shape index (κ2) is 9.19. The molecule has 0 saturated heterocycles. The first-order valence-electron chi connectivity index (χ1n) is 8.91. The van der Waals surface area contributed by atoms with Crippen LogP contribution in [0.15, 0.2) is 73.1 Å². The van der Waals surface area contributed by atoms with Crippen LogP contribution >= 0.6 is 11.6 Å². The SMILES string of the molecule is CC(Nc1cncc(C(=O)NCCc2ccc(Cl)cc2)c1)c1ccccc1. The lowest BCUT2D eigenvalue weighted by Gasteiger charge is -2.16. The van der Waals surface area contributed by atoms with Crippen LogP contribution in [0.4, 0.5) is 5.69 Å². The molecule has 5 heteroatoms. The highest BCUT2D eigenvalue weighted by Crippen LogP contribution is 2.19. The predicted molar refractivity (Wildman–Crippen MR) is 110 cm³/mol. The van der Waals surface area contributed by atoms with Crippen molar-refractivity contribution in [2.75, 3.05) is 11.9 Å². The molecule has 138 valence electrons. The zero-order valence-corrected chi connectivity index (χ0v) is 15.9. The smallest absolute Gasteiger partial charge is 0.252 e. The zero-order chi connectivity index (χ0) is 19.1. The molecule has 3 aromatic rings. The number of anilines is 1. The molecule has 0 radical (unpaired) electrons. The van der Waals surface area contributed by atoms with Gasteiger partial charge < -0.3 is 10.6 Å². The summed E-state index contributed by atoms with van der Waals surface area (Å²) in [6.45, 7) is 2.63. The van der Waals surface area contributed by atoms with E-state index in [0.717, 1.165) is 17.7 Å². The van der Waals surface area contributed by atoms with Crippen molar-refractivity contribution in [2.45, 2.75) is 19.4 Å². The molecule has 4 nitrogen and oxygen atoms in total. The molecule has 0 spiro atoms. The zero-order valence-electron chi connectivity index (χ0n) is 15.2. The molecular formula is C22H22ClN3O. The molecule has 2 N–H and O–H groups in total. The Labute approximate surface area is 164 Å². The molecule has 0 aliphatic heterocycles. The van der Waals surface area contributed by atoms with E-state index >= 15 is 0 Å². The first-order chi connectivity index (χ1) is 13.1. The number of carbonyl (C=O) groups is 1. The topological polar surface area (TPSA) is 54.0 Å². The van der Waals surface area contributed by atoms with Gasteiger partial charge in [0.2, 0.25) is 0 Å². The maximum absolute atomic E-state index is 12.4. The second-order valence-electron chi connectivity index (χ2n) is 6.37. The average Bonchev–Trinajstić information content (AvgIpc) is 2.70. The molecule has 1 amide bonds. The number of benzene rings is 2. The number of hydrogen-bond donors (Lipinski definition) is 2. The first kappa shape index (κ1) is 18.9. The van der Waals surface area contributed by atoms with E-state index in [1.54, 1.807) is 12.4 Å². The Kier molecular flexibility index (Phi) is 6.44. The molecule has 0 saturated carbocycles. The van der Waals surface area contributed by atoms with Crippen LogP contribution in [0.25, 0.3) is 0 Å². The van der Waals surface area contributed by atoms with E-state index in [9.17, 15) is 4.79 Å². The third-order valence-corrected chi connectivity index (χ3v) is 4.55. The second-order valence-corrected chi connectivity index (χ2v) is 6.81. The van der Waals surface area contributed by atoms with Crippen molar-refractivity contribution in [3.63, 3.8) is 0 Å². The number of pyridine rings is 1. The summed E-state index contributed by atoms with van der Waals surface area (Å²) in [5.41, 5.74) is 3.66. The first-order valence-corrected chi connectivity index (χ1v) is 9.29. The minimum atomic E-state index is -0.132. The molecule has 1 heterocycles. The van der Waals surface area contributed by atoms with Crippen LogP contribution in [0.5, 0.6) is 0 Å².